The number of pyridine rings is 1. The number of rotatable bonds is 2. The highest BCUT2D eigenvalue weighted by Gasteiger charge is 2.13. The molecule has 0 fully saturated rings. The molecule has 1 N–H and O–H groups in total. The van der Waals surface area contributed by atoms with Crippen molar-refractivity contribution in [1.82, 2.24) is 19.7 Å². The van der Waals surface area contributed by atoms with Gasteiger partial charge in [0.15, 0.2) is 5.82 Å². The van der Waals surface area contributed by atoms with Crippen molar-refractivity contribution in [2.45, 2.75) is 6.92 Å². The van der Waals surface area contributed by atoms with E-state index >= 15 is 0 Å². The lowest BCUT2D eigenvalue weighted by Crippen LogP contribution is -2.03. The molecule has 0 aliphatic heterocycles. The monoisotopic (exact) mass is 204 g/mol. The average molecular weight is 204 g/mol. The number of carbonyl (C=O) groups is 1. The first kappa shape index (κ1) is 9.32. The third-order valence-electron chi connectivity index (χ3n) is 1.83. The number of carboxylic acid groups (broad SMARTS) is 1. The summed E-state index contributed by atoms with van der Waals surface area (Å²) in [6.45, 7) is 1.67. The summed E-state index contributed by atoms with van der Waals surface area (Å²) in [4.78, 5) is 18.5. The lowest BCUT2D eigenvalue weighted by molar-refractivity contribution is 0.0683. The fourth-order valence-corrected chi connectivity index (χ4v) is 1.18. The van der Waals surface area contributed by atoms with Crippen molar-refractivity contribution < 1.29 is 9.90 Å². The first-order valence-corrected chi connectivity index (χ1v) is 4.27. The Hall–Kier alpha value is -2.24. The van der Waals surface area contributed by atoms with Gasteiger partial charge in [0, 0.05) is 6.20 Å². The predicted octanol–water partition coefficient (Wildman–Crippen LogP) is 0.669. The Morgan fingerprint density at radius 1 is 1.47 bits per heavy atom. The lowest BCUT2D eigenvalue weighted by atomic mass is 10.4. The van der Waals surface area contributed by atoms with Gasteiger partial charge in [-0.25, -0.2) is 14.8 Å². The van der Waals surface area contributed by atoms with Crippen LogP contribution in [0.5, 0.6) is 0 Å². The maximum absolute atomic E-state index is 10.6. The molecular formula is C9H8N4O2. The molecule has 0 unspecified atom stereocenters. The summed E-state index contributed by atoms with van der Waals surface area (Å²) in [5.74, 6) is -0.327. The van der Waals surface area contributed by atoms with Gasteiger partial charge in [0.25, 0.3) is 5.82 Å². The molecule has 0 aliphatic carbocycles. The average Bonchev–Trinajstić information content (AvgIpc) is 2.62. The van der Waals surface area contributed by atoms with Gasteiger partial charge in [0.05, 0.1) is 0 Å². The summed E-state index contributed by atoms with van der Waals surface area (Å²) in [6, 6.07) is 5.30. The Morgan fingerprint density at radius 2 is 2.27 bits per heavy atom. The van der Waals surface area contributed by atoms with Crippen molar-refractivity contribution in [2.75, 3.05) is 0 Å². The molecule has 0 aromatic carbocycles. The minimum Gasteiger partial charge on any atom is -0.475 e. The fourth-order valence-electron chi connectivity index (χ4n) is 1.18. The number of hydrogen-bond donors (Lipinski definition) is 1. The Kier molecular flexibility index (Phi) is 2.17. The van der Waals surface area contributed by atoms with Crippen LogP contribution in [0, 0.1) is 6.92 Å². The van der Waals surface area contributed by atoms with Gasteiger partial charge in [0.2, 0.25) is 0 Å². The zero-order chi connectivity index (χ0) is 10.8. The summed E-state index contributed by atoms with van der Waals surface area (Å²) in [6.07, 6.45) is 1.61. The van der Waals surface area contributed by atoms with Crippen molar-refractivity contribution in [2.24, 2.45) is 0 Å². The standard InChI is InChI=1S/C9H8N4O2/c1-6-11-8(9(14)15)12-13(6)7-4-2-3-5-10-7/h2-5H,1H3,(H,14,15). The van der Waals surface area contributed by atoms with Crippen LogP contribution in [-0.4, -0.2) is 30.8 Å². The van der Waals surface area contributed by atoms with Gasteiger partial charge in [0.1, 0.15) is 5.82 Å². The Bertz CT molecular complexity index is 492. The van der Waals surface area contributed by atoms with E-state index in [1.165, 1.54) is 4.68 Å². The highest BCUT2D eigenvalue weighted by atomic mass is 16.4. The topological polar surface area (TPSA) is 80.9 Å². The van der Waals surface area contributed by atoms with Crippen LogP contribution in [0.25, 0.3) is 5.82 Å². The molecule has 2 aromatic rings. The molecule has 0 saturated heterocycles. The van der Waals surface area contributed by atoms with E-state index in [1.54, 1.807) is 31.3 Å². The van der Waals surface area contributed by atoms with E-state index in [1.807, 2.05) is 0 Å². The van der Waals surface area contributed by atoms with Crippen LogP contribution >= 0.6 is 0 Å². The molecule has 76 valence electrons. The van der Waals surface area contributed by atoms with Crippen LogP contribution in [0.2, 0.25) is 0 Å². The third-order valence-corrected chi connectivity index (χ3v) is 1.83. The fraction of sp³-hybridized carbons (Fsp3) is 0.111. The molecule has 6 heteroatoms. The van der Waals surface area contributed by atoms with Gasteiger partial charge in [-0.2, -0.15) is 4.68 Å². The van der Waals surface area contributed by atoms with Crippen molar-refractivity contribution in [3.8, 4) is 5.82 Å². The number of aromatic carboxylic acids is 1. The minimum absolute atomic E-state index is 0.224. The van der Waals surface area contributed by atoms with E-state index in [9.17, 15) is 4.79 Å². The third kappa shape index (κ3) is 1.69. The molecule has 2 heterocycles. The molecule has 2 rings (SSSR count). The van der Waals surface area contributed by atoms with Crippen LogP contribution in [0.1, 0.15) is 16.4 Å². The molecule has 0 spiro atoms. The Morgan fingerprint density at radius 3 is 2.80 bits per heavy atom. The van der Waals surface area contributed by atoms with Gasteiger partial charge in [-0.1, -0.05) is 6.07 Å². The maximum atomic E-state index is 10.6. The van der Waals surface area contributed by atoms with Gasteiger partial charge in [-0.3, -0.25) is 0 Å². The first-order chi connectivity index (χ1) is 7.18. The van der Waals surface area contributed by atoms with E-state index in [0.29, 0.717) is 11.6 Å². The molecule has 2 aromatic heterocycles. The molecule has 0 radical (unpaired) electrons. The molecule has 0 saturated carbocycles. The zero-order valence-corrected chi connectivity index (χ0v) is 7.95. The minimum atomic E-state index is -1.15. The van der Waals surface area contributed by atoms with Crippen molar-refractivity contribution in [3.63, 3.8) is 0 Å². The van der Waals surface area contributed by atoms with E-state index < -0.39 is 5.97 Å². The molecular weight excluding hydrogens is 196 g/mol. The maximum Gasteiger partial charge on any atom is 0.375 e. The predicted molar refractivity (Wildman–Crippen MR) is 50.9 cm³/mol. The normalized spacial score (nSPS) is 10.2. The van der Waals surface area contributed by atoms with Crippen LogP contribution < -0.4 is 0 Å². The van der Waals surface area contributed by atoms with Gasteiger partial charge < -0.3 is 5.11 Å². The highest BCUT2D eigenvalue weighted by molar-refractivity contribution is 5.82. The van der Waals surface area contributed by atoms with E-state index in [2.05, 4.69) is 15.1 Å². The quantitative estimate of drug-likeness (QED) is 0.777. The SMILES string of the molecule is Cc1nc(C(=O)O)nn1-c1ccccn1. The summed E-state index contributed by atoms with van der Waals surface area (Å²) in [5.41, 5.74) is 0. The molecule has 0 amide bonds. The second-order valence-corrected chi connectivity index (χ2v) is 2.89. The van der Waals surface area contributed by atoms with Gasteiger partial charge in [-0.05, 0) is 19.1 Å². The lowest BCUT2D eigenvalue weighted by Gasteiger charge is -1.99. The molecule has 6 nitrogen and oxygen atoms in total. The van der Waals surface area contributed by atoms with E-state index in [-0.39, 0.29) is 5.82 Å². The number of nitrogens with zero attached hydrogens (tertiary/aromatic N) is 4. The van der Waals surface area contributed by atoms with E-state index in [4.69, 9.17) is 5.11 Å². The number of aryl methyl sites for hydroxylation is 1. The first-order valence-electron chi connectivity index (χ1n) is 4.27. The Labute approximate surface area is 85.2 Å². The Balaban J connectivity index is 2.50. The molecule has 0 aliphatic rings. The molecule has 0 atom stereocenters. The second kappa shape index (κ2) is 3.49. The highest BCUT2D eigenvalue weighted by Crippen LogP contribution is 2.05. The van der Waals surface area contributed by atoms with Crippen LogP contribution in [0.15, 0.2) is 24.4 Å². The molecule has 0 bridgehead atoms. The number of aromatic nitrogens is 4. The van der Waals surface area contributed by atoms with Crippen molar-refractivity contribution in [1.29, 1.82) is 0 Å². The summed E-state index contributed by atoms with van der Waals surface area (Å²) in [5, 5.41) is 12.5. The van der Waals surface area contributed by atoms with Crippen LogP contribution in [-0.2, 0) is 0 Å². The smallest absolute Gasteiger partial charge is 0.375 e. The largest absolute Gasteiger partial charge is 0.475 e. The van der Waals surface area contributed by atoms with Crippen molar-refractivity contribution >= 4 is 5.97 Å². The van der Waals surface area contributed by atoms with Gasteiger partial charge >= 0.3 is 5.97 Å². The summed E-state index contributed by atoms with van der Waals surface area (Å²) in [7, 11) is 0. The molecule has 15 heavy (non-hydrogen) atoms. The van der Waals surface area contributed by atoms with E-state index in [0.717, 1.165) is 0 Å². The number of carboxylic acids is 1. The zero-order valence-electron chi connectivity index (χ0n) is 7.95. The van der Waals surface area contributed by atoms with Crippen molar-refractivity contribution in [3.05, 3.63) is 36.0 Å². The van der Waals surface area contributed by atoms with Gasteiger partial charge in [-0.15, -0.1) is 5.10 Å². The summed E-state index contributed by atoms with van der Waals surface area (Å²) < 4.78 is 1.39. The number of hydrogen-bond acceptors (Lipinski definition) is 4. The van der Waals surface area contributed by atoms with Crippen LogP contribution in [0.3, 0.4) is 0 Å². The summed E-state index contributed by atoms with van der Waals surface area (Å²) >= 11 is 0. The van der Waals surface area contributed by atoms with Crippen LogP contribution in [0.4, 0.5) is 0 Å². The second-order valence-electron chi connectivity index (χ2n) is 2.89.